The second-order valence-electron chi connectivity index (χ2n) is 4.19. The normalized spacial score (nSPS) is 11.7. The van der Waals surface area contributed by atoms with Gasteiger partial charge in [0.25, 0.3) is 0 Å². The molecule has 0 bridgehead atoms. The highest BCUT2D eigenvalue weighted by atomic mass is 16.4. The number of carboxylic acid groups (broad SMARTS) is 2. The molecule has 1 atom stereocenters. The first-order valence-corrected chi connectivity index (χ1v) is 5.77. The number of hydrogen-bond acceptors (Lipinski definition) is 4. The fourth-order valence-electron chi connectivity index (χ4n) is 1.48. The van der Waals surface area contributed by atoms with E-state index in [2.05, 4.69) is 15.7 Å². The summed E-state index contributed by atoms with van der Waals surface area (Å²) < 4.78 is 1.64. The van der Waals surface area contributed by atoms with E-state index in [1.807, 2.05) is 6.92 Å². The molecule has 2 amide bonds. The summed E-state index contributed by atoms with van der Waals surface area (Å²) in [7, 11) is 1.76. The predicted octanol–water partition coefficient (Wildman–Crippen LogP) is -0.544. The van der Waals surface area contributed by atoms with Crippen LogP contribution in [0.1, 0.15) is 17.7 Å². The first-order chi connectivity index (χ1) is 9.31. The second kappa shape index (κ2) is 6.55. The Hall–Kier alpha value is -2.58. The lowest BCUT2D eigenvalue weighted by Crippen LogP contribution is -2.46. The largest absolute Gasteiger partial charge is 0.481 e. The molecule has 4 N–H and O–H groups in total. The molecule has 20 heavy (non-hydrogen) atoms. The van der Waals surface area contributed by atoms with Crippen molar-refractivity contribution in [2.24, 2.45) is 7.05 Å². The van der Waals surface area contributed by atoms with Crippen LogP contribution in [0.4, 0.5) is 4.79 Å². The van der Waals surface area contributed by atoms with Crippen LogP contribution < -0.4 is 10.6 Å². The average Bonchev–Trinajstić information content (AvgIpc) is 2.66. The third-order valence-corrected chi connectivity index (χ3v) is 2.76. The number of aromatic nitrogens is 2. The predicted molar refractivity (Wildman–Crippen MR) is 67.0 cm³/mol. The molecule has 0 saturated heterocycles. The molecule has 9 nitrogen and oxygen atoms in total. The number of nitrogens with zero attached hydrogens (tertiary/aromatic N) is 2. The average molecular weight is 284 g/mol. The Bertz CT molecular complexity index is 525. The number of carboxylic acids is 2. The molecule has 0 aliphatic heterocycles. The number of carbonyl (C=O) groups is 3. The first-order valence-electron chi connectivity index (χ1n) is 5.77. The fourth-order valence-corrected chi connectivity index (χ4v) is 1.48. The van der Waals surface area contributed by atoms with Gasteiger partial charge in [-0.05, 0) is 6.92 Å². The summed E-state index contributed by atoms with van der Waals surface area (Å²) in [6.07, 6.45) is 0.899. The smallest absolute Gasteiger partial charge is 0.326 e. The molecule has 1 rings (SSSR count). The van der Waals surface area contributed by atoms with Crippen LogP contribution >= 0.6 is 0 Å². The van der Waals surface area contributed by atoms with Gasteiger partial charge in [-0.15, -0.1) is 0 Å². The molecule has 0 aliphatic rings. The molecule has 0 unspecified atom stereocenters. The van der Waals surface area contributed by atoms with Crippen LogP contribution in [0.15, 0.2) is 6.20 Å². The zero-order chi connectivity index (χ0) is 15.3. The van der Waals surface area contributed by atoms with Gasteiger partial charge in [-0.1, -0.05) is 0 Å². The van der Waals surface area contributed by atoms with Gasteiger partial charge < -0.3 is 20.8 Å². The number of rotatable bonds is 6. The Morgan fingerprint density at radius 1 is 1.40 bits per heavy atom. The maximum atomic E-state index is 11.5. The molecule has 0 spiro atoms. The highest BCUT2D eigenvalue weighted by molar-refractivity contribution is 5.86. The Labute approximate surface area is 114 Å². The van der Waals surface area contributed by atoms with Crippen molar-refractivity contribution in [1.29, 1.82) is 0 Å². The SMILES string of the molecule is Cc1c(CNC(=O)N[C@@H](CC(=O)O)C(=O)O)cnn1C. The minimum Gasteiger partial charge on any atom is -0.481 e. The zero-order valence-electron chi connectivity index (χ0n) is 11.1. The van der Waals surface area contributed by atoms with E-state index in [1.165, 1.54) is 0 Å². The molecule has 1 aromatic rings. The topological polar surface area (TPSA) is 134 Å². The van der Waals surface area contributed by atoms with Crippen molar-refractivity contribution in [2.75, 3.05) is 0 Å². The molecule has 1 aromatic heterocycles. The Kier molecular flexibility index (Phi) is 5.07. The Balaban J connectivity index is 2.52. The molecule has 0 aliphatic carbocycles. The van der Waals surface area contributed by atoms with Crippen LogP contribution in [0, 0.1) is 6.92 Å². The van der Waals surface area contributed by atoms with Crippen LogP contribution in [0.25, 0.3) is 0 Å². The van der Waals surface area contributed by atoms with Crippen LogP contribution in [0.5, 0.6) is 0 Å². The van der Waals surface area contributed by atoms with Gasteiger partial charge in [0.15, 0.2) is 0 Å². The van der Waals surface area contributed by atoms with Gasteiger partial charge >= 0.3 is 18.0 Å². The lowest BCUT2D eigenvalue weighted by Gasteiger charge is -2.13. The minimum atomic E-state index is -1.47. The quantitative estimate of drug-likeness (QED) is 0.554. The Morgan fingerprint density at radius 3 is 2.50 bits per heavy atom. The van der Waals surface area contributed by atoms with Crippen LogP contribution in [0.2, 0.25) is 0 Å². The van der Waals surface area contributed by atoms with Crippen molar-refractivity contribution in [2.45, 2.75) is 25.9 Å². The van der Waals surface area contributed by atoms with E-state index in [4.69, 9.17) is 10.2 Å². The Morgan fingerprint density at radius 2 is 2.05 bits per heavy atom. The first kappa shape index (κ1) is 15.5. The van der Waals surface area contributed by atoms with E-state index >= 15 is 0 Å². The number of nitrogens with one attached hydrogen (secondary N) is 2. The van der Waals surface area contributed by atoms with Crippen molar-refractivity contribution < 1.29 is 24.6 Å². The fraction of sp³-hybridized carbons (Fsp3) is 0.455. The molecule has 1 heterocycles. The lowest BCUT2D eigenvalue weighted by atomic mass is 10.2. The molecule has 9 heteroatoms. The van der Waals surface area contributed by atoms with Crippen LogP contribution in [0.3, 0.4) is 0 Å². The van der Waals surface area contributed by atoms with Crippen molar-refractivity contribution in [1.82, 2.24) is 20.4 Å². The van der Waals surface area contributed by atoms with Crippen molar-refractivity contribution >= 4 is 18.0 Å². The maximum Gasteiger partial charge on any atom is 0.326 e. The number of carbonyl (C=O) groups excluding carboxylic acids is 1. The molecular formula is C11H16N4O5. The van der Waals surface area contributed by atoms with Gasteiger partial charge in [-0.2, -0.15) is 5.10 Å². The maximum absolute atomic E-state index is 11.5. The lowest BCUT2D eigenvalue weighted by molar-refractivity contribution is -0.145. The monoisotopic (exact) mass is 284 g/mol. The van der Waals surface area contributed by atoms with Gasteiger partial charge in [0.05, 0.1) is 12.6 Å². The van der Waals surface area contributed by atoms with Gasteiger partial charge in [-0.3, -0.25) is 9.48 Å². The van der Waals surface area contributed by atoms with Crippen LogP contribution in [-0.4, -0.2) is 44.0 Å². The minimum absolute atomic E-state index is 0.172. The molecule has 110 valence electrons. The summed E-state index contributed by atoms with van der Waals surface area (Å²) in [4.78, 5) is 32.8. The van der Waals surface area contributed by atoms with E-state index in [1.54, 1.807) is 17.9 Å². The summed E-state index contributed by atoms with van der Waals surface area (Å²) in [5.74, 6) is -2.71. The van der Waals surface area contributed by atoms with Gasteiger partial charge in [-0.25, -0.2) is 9.59 Å². The number of urea groups is 1. The summed E-state index contributed by atoms with van der Waals surface area (Å²) >= 11 is 0. The van der Waals surface area contributed by atoms with E-state index in [9.17, 15) is 14.4 Å². The summed E-state index contributed by atoms with van der Waals surface area (Å²) in [6.45, 7) is 2.00. The van der Waals surface area contributed by atoms with Crippen LogP contribution in [-0.2, 0) is 23.2 Å². The van der Waals surface area contributed by atoms with Gasteiger partial charge in [0.1, 0.15) is 6.04 Å². The van der Waals surface area contributed by atoms with Gasteiger partial charge in [0.2, 0.25) is 0 Å². The van der Waals surface area contributed by atoms with Crippen molar-refractivity contribution in [3.63, 3.8) is 0 Å². The summed E-state index contributed by atoms with van der Waals surface area (Å²) in [5, 5.41) is 25.9. The molecule has 0 radical (unpaired) electrons. The van der Waals surface area contributed by atoms with Gasteiger partial charge in [0, 0.05) is 24.8 Å². The molecule has 0 fully saturated rings. The third kappa shape index (κ3) is 4.26. The van der Waals surface area contributed by atoms with E-state index in [0.717, 1.165) is 11.3 Å². The summed E-state index contributed by atoms with van der Waals surface area (Å²) in [5.41, 5.74) is 1.65. The van der Waals surface area contributed by atoms with Crippen molar-refractivity contribution in [3.05, 3.63) is 17.5 Å². The molecular weight excluding hydrogens is 268 g/mol. The number of aryl methyl sites for hydroxylation is 1. The second-order valence-corrected chi connectivity index (χ2v) is 4.19. The summed E-state index contributed by atoms with van der Waals surface area (Å²) in [6, 6.07) is -2.22. The third-order valence-electron chi connectivity index (χ3n) is 2.76. The van der Waals surface area contributed by atoms with Crippen molar-refractivity contribution in [3.8, 4) is 0 Å². The number of hydrogen-bond donors (Lipinski definition) is 4. The standard InChI is InChI=1S/C11H16N4O5/c1-6-7(5-13-15(6)2)4-12-11(20)14-8(10(18)19)3-9(16)17/h5,8H,3-4H2,1-2H3,(H,16,17)(H,18,19)(H2,12,14,20)/t8-/m0/s1. The molecule has 0 aromatic carbocycles. The van der Waals surface area contributed by atoms with E-state index in [0.29, 0.717) is 0 Å². The molecule has 0 saturated carbocycles. The highest BCUT2D eigenvalue weighted by Crippen LogP contribution is 2.04. The zero-order valence-corrected chi connectivity index (χ0v) is 11.1. The number of aliphatic carboxylic acids is 2. The van der Waals surface area contributed by atoms with E-state index < -0.39 is 30.4 Å². The van der Waals surface area contributed by atoms with E-state index in [-0.39, 0.29) is 6.54 Å². The highest BCUT2D eigenvalue weighted by Gasteiger charge is 2.22. The number of amides is 2.